The van der Waals surface area contributed by atoms with Crippen LogP contribution in [0.4, 0.5) is 24.5 Å². The number of rotatable bonds is 4. The number of nitrogens with zero attached hydrogens (tertiary/aromatic N) is 2. The van der Waals surface area contributed by atoms with Crippen LogP contribution in [0.15, 0.2) is 66.9 Å². The lowest BCUT2D eigenvalue weighted by Gasteiger charge is -2.14. The molecule has 30 heavy (non-hydrogen) atoms. The number of halogens is 3. The highest BCUT2D eigenvalue weighted by Crippen LogP contribution is 2.32. The average molecular weight is 417 g/mol. The molecule has 0 aliphatic heterocycles. The number of nitrogens with one attached hydrogen (secondary N) is 1. The molecule has 0 bridgehead atoms. The van der Waals surface area contributed by atoms with Gasteiger partial charge in [-0.1, -0.05) is 32.0 Å². The molecule has 0 fully saturated rings. The van der Waals surface area contributed by atoms with Crippen molar-refractivity contribution >= 4 is 17.3 Å². The third-order valence-electron chi connectivity index (χ3n) is 4.11. The minimum Gasteiger partial charge on any atom is -0.355 e. The summed E-state index contributed by atoms with van der Waals surface area (Å²) in [5.74, 6) is -0.143. The van der Waals surface area contributed by atoms with Crippen molar-refractivity contribution in [2.24, 2.45) is 0 Å². The number of amides is 1. The van der Waals surface area contributed by atoms with E-state index in [1.807, 2.05) is 38.1 Å². The van der Waals surface area contributed by atoms with E-state index < -0.39 is 11.7 Å². The molecule has 1 N–H and O–H groups in total. The Balaban J connectivity index is 0.00000156. The van der Waals surface area contributed by atoms with Gasteiger partial charge in [-0.15, -0.1) is 0 Å². The highest BCUT2D eigenvalue weighted by molar-refractivity contribution is 5.94. The zero-order valence-electron chi connectivity index (χ0n) is 17.3. The van der Waals surface area contributed by atoms with Gasteiger partial charge in [0.1, 0.15) is 0 Å². The predicted octanol–water partition coefficient (Wildman–Crippen LogP) is 6.49. The van der Waals surface area contributed by atoms with Gasteiger partial charge < -0.3 is 10.2 Å². The Kier molecular flexibility index (Phi) is 7.58. The Morgan fingerprint density at radius 1 is 0.967 bits per heavy atom. The van der Waals surface area contributed by atoms with E-state index in [4.69, 9.17) is 0 Å². The summed E-state index contributed by atoms with van der Waals surface area (Å²) in [4.78, 5) is 17.8. The lowest BCUT2D eigenvalue weighted by molar-refractivity contribution is -0.137. The fourth-order valence-electron chi connectivity index (χ4n) is 2.65. The van der Waals surface area contributed by atoms with Gasteiger partial charge in [0.25, 0.3) is 5.91 Å². The fourth-order valence-corrected chi connectivity index (χ4v) is 2.65. The van der Waals surface area contributed by atoms with Crippen LogP contribution in [0.3, 0.4) is 0 Å². The molecule has 160 valence electrons. The van der Waals surface area contributed by atoms with Crippen LogP contribution in [0.25, 0.3) is 11.3 Å². The molecule has 7 heteroatoms. The van der Waals surface area contributed by atoms with Crippen LogP contribution in [-0.2, 0) is 6.18 Å². The van der Waals surface area contributed by atoms with Crippen LogP contribution in [-0.4, -0.2) is 29.9 Å². The fraction of sp³-hybridized carbons (Fsp3) is 0.217. The maximum Gasteiger partial charge on any atom is 0.416 e. The van der Waals surface area contributed by atoms with Gasteiger partial charge in [-0.25, -0.2) is 0 Å². The van der Waals surface area contributed by atoms with Gasteiger partial charge in [0, 0.05) is 38.7 Å². The van der Waals surface area contributed by atoms with E-state index in [9.17, 15) is 18.0 Å². The summed E-state index contributed by atoms with van der Waals surface area (Å²) in [5.41, 5.74) is 2.41. The van der Waals surface area contributed by atoms with Crippen LogP contribution in [0, 0.1) is 0 Å². The first-order valence-electron chi connectivity index (χ1n) is 9.47. The number of para-hydroxylation sites is 1. The number of pyridine rings is 1. The molecule has 0 unspecified atom stereocenters. The van der Waals surface area contributed by atoms with Crippen LogP contribution >= 0.6 is 0 Å². The molecule has 1 aromatic heterocycles. The van der Waals surface area contributed by atoms with Gasteiger partial charge in [0.05, 0.1) is 16.8 Å². The van der Waals surface area contributed by atoms with Gasteiger partial charge in [0.2, 0.25) is 0 Å². The van der Waals surface area contributed by atoms with Crippen molar-refractivity contribution in [2.45, 2.75) is 20.0 Å². The molecule has 0 aliphatic rings. The molecule has 0 saturated carbocycles. The topological polar surface area (TPSA) is 45.2 Å². The second kappa shape index (κ2) is 9.91. The molecular formula is C23H26F3N3O. The number of carbonyl (C=O) groups is 1. The average Bonchev–Trinajstić information content (AvgIpc) is 2.75. The maximum atomic E-state index is 12.7. The maximum absolute atomic E-state index is 12.7. The lowest BCUT2D eigenvalue weighted by atomic mass is 10.1. The summed E-state index contributed by atoms with van der Waals surface area (Å²) in [6, 6.07) is 15.6. The first-order valence-corrected chi connectivity index (χ1v) is 9.47. The van der Waals surface area contributed by atoms with Crippen LogP contribution in [0.5, 0.6) is 0 Å². The Morgan fingerprint density at radius 3 is 2.13 bits per heavy atom. The Hall–Kier alpha value is -3.35. The van der Waals surface area contributed by atoms with Crippen molar-refractivity contribution in [3.8, 4) is 11.3 Å². The summed E-state index contributed by atoms with van der Waals surface area (Å²) in [6.45, 7) is 4.00. The molecule has 0 aliphatic carbocycles. The van der Waals surface area contributed by atoms with Gasteiger partial charge in [-0.2, -0.15) is 13.2 Å². The Labute approximate surface area is 175 Å². The summed E-state index contributed by atoms with van der Waals surface area (Å²) in [6.07, 6.45) is -2.86. The normalized spacial score (nSPS) is 10.6. The number of aromatic nitrogens is 1. The van der Waals surface area contributed by atoms with Gasteiger partial charge >= 0.3 is 6.18 Å². The number of anilines is 2. The number of hydrogen-bond donors (Lipinski definition) is 1. The molecular weight excluding hydrogens is 391 g/mol. The Morgan fingerprint density at radius 2 is 1.60 bits per heavy atom. The molecule has 0 radical (unpaired) electrons. The molecule has 0 spiro atoms. The second-order valence-corrected chi connectivity index (χ2v) is 6.38. The number of benzene rings is 2. The van der Waals surface area contributed by atoms with Crippen molar-refractivity contribution in [2.75, 3.05) is 19.4 Å². The smallest absolute Gasteiger partial charge is 0.355 e. The lowest BCUT2D eigenvalue weighted by Crippen LogP contribution is -2.21. The predicted molar refractivity (Wildman–Crippen MR) is 116 cm³/mol. The van der Waals surface area contributed by atoms with E-state index in [0.717, 1.165) is 17.7 Å². The largest absolute Gasteiger partial charge is 0.416 e. The van der Waals surface area contributed by atoms with E-state index in [1.165, 1.54) is 23.2 Å². The highest BCUT2D eigenvalue weighted by Gasteiger charge is 2.29. The quantitative estimate of drug-likeness (QED) is 0.528. The third kappa shape index (κ3) is 5.59. The SMILES string of the molecule is CC.CN(C)C(=O)c1ccc(-c2ccccc2Nc2ccc(C(F)(F)F)cc2)nc1.[HH]. The molecule has 3 aromatic rings. The summed E-state index contributed by atoms with van der Waals surface area (Å²) in [7, 11) is 3.33. The minimum atomic E-state index is -4.37. The molecule has 4 nitrogen and oxygen atoms in total. The van der Waals surface area contributed by atoms with Crippen molar-refractivity contribution in [1.29, 1.82) is 0 Å². The molecule has 2 aromatic carbocycles. The zero-order valence-corrected chi connectivity index (χ0v) is 17.3. The highest BCUT2D eigenvalue weighted by atomic mass is 19.4. The number of carbonyl (C=O) groups excluding carboxylic acids is 1. The summed E-state index contributed by atoms with van der Waals surface area (Å²) >= 11 is 0. The van der Waals surface area contributed by atoms with Crippen molar-refractivity contribution in [1.82, 2.24) is 9.88 Å². The minimum absolute atomic E-state index is 0. The zero-order chi connectivity index (χ0) is 22.3. The first kappa shape index (κ1) is 22.9. The van der Waals surface area contributed by atoms with E-state index in [2.05, 4.69) is 10.3 Å². The first-order chi connectivity index (χ1) is 14.3. The van der Waals surface area contributed by atoms with Crippen molar-refractivity contribution < 1.29 is 19.4 Å². The Bertz CT molecular complexity index is 973. The third-order valence-corrected chi connectivity index (χ3v) is 4.11. The van der Waals surface area contributed by atoms with E-state index in [-0.39, 0.29) is 7.33 Å². The van der Waals surface area contributed by atoms with E-state index in [0.29, 0.717) is 22.6 Å². The van der Waals surface area contributed by atoms with E-state index in [1.54, 1.807) is 26.2 Å². The van der Waals surface area contributed by atoms with Gasteiger partial charge in [-0.05, 0) is 42.5 Å². The summed E-state index contributed by atoms with van der Waals surface area (Å²) < 4.78 is 38.1. The molecule has 1 amide bonds. The standard InChI is InChI=1S/C21H18F3N3O.C2H6.H2/c1-27(2)20(28)14-7-12-18(25-13-14)17-5-3-4-6-19(17)26-16-10-8-15(9-11-16)21(22,23)24;1-2;/h3-13,26H,1-2H3;1-2H3;1H. The second-order valence-electron chi connectivity index (χ2n) is 6.38. The summed E-state index contributed by atoms with van der Waals surface area (Å²) in [5, 5.41) is 3.12. The molecule has 3 rings (SSSR count). The van der Waals surface area contributed by atoms with E-state index >= 15 is 0 Å². The molecule has 1 heterocycles. The van der Waals surface area contributed by atoms with Crippen LogP contribution < -0.4 is 5.32 Å². The number of hydrogen-bond acceptors (Lipinski definition) is 3. The molecule has 0 atom stereocenters. The monoisotopic (exact) mass is 417 g/mol. The molecule has 0 saturated heterocycles. The van der Waals surface area contributed by atoms with Crippen molar-refractivity contribution in [3.63, 3.8) is 0 Å². The van der Waals surface area contributed by atoms with Crippen molar-refractivity contribution in [3.05, 3.63) is 78.0 Å². The van der Waals surface area contributed by atoms with Gasteiger partial charge in [0.15, 0.2) is 0 Å². The number of alkyl halides is 3. The van der Waals surface area contributed by atoms with Gasteiger partial charge in [-0.3, -0.25) is 9.78 Å². The van der Waals surface area contributed by atoms with Crippen LogP contribution in [0.1, 0.15) is 31.2 Å². The van der Waals surface area contributed by atoms with Crippen LogP contribution in [0.2, 0.25) is 0 Å².